The van der Waals surface area contributed by atoms with Crippen molar-refractivity contribution in [2.24, 2.45) is 5.41 Å². The van der Waals surface area contributed by atoms with Crippen molar-refractivity contribution >= 4 is 0 Å². The third-order valence-electron chi connectivity index (χ3n) is 4.92. The zero-order valence-electron chi connectivity index (χ0n) is 15.0. The summed E-state index contributed by atoms with van der Waals surface area (Å²) in [6.45, 7) is 14.6. The van der Waals surface area contributed by atoms with Gasteiger partial charge in [-0.3, -0.25) is 4.90 Å². The van der Waals surface area contributed by atoms with Gasteiger partial charge in [-0.2, -0.15) is 0 Å². The summed E-state index contributed by atoms with van der Waals surface area (Å²) in [7, 11) is 0. The van der Waals surface area contributed by atoms with E-state index in [1.807, 2.05) is 0 Å². The Morgan fingerprint density at radius 2 is 1.41 bits per heavy atom. The van der Waals surface area contributed by atoms with Crippen LogP contribution in [0.3, 0.4) is 0 Å². The van der Waals surface area contributed by atoms with Crippen molar-refractivity contribution in [2.45, 2.75) is 77.4 Å². The van der Waals surface area contributed by atoms with Crippen LogP contribution in [-0.4, -0.2) is 64.4 Å². The molecular weight excluding hydrogens is 282 g/mol. The van der Waals surface area contributed by atoms with E-state index in [1.54, 1.807) is 0 Å². The summed E-state index contributed by atoms with van der Waals surface area (Å²) in [4.78, 5) is 2.28. The number of β-amino-alcohol motifs (C(OH)–C–C–N with tert-alkyl or cyclic N) is 1. The van der Waals surface area contributed by atoms with E-state index in [9.17, 15) is 10.2 Å². The van der Waals surface area contributed by atoms with E-state index in [-0.39, 0.29) is 23.1 Å². The van der Waals surface area contributed by atoms with Crippen LogP contribution in [0.2, 0.25) is 0 Å². The molecule has 22 heavy (non-hydrogen) atoms. The second-order valence-corrected chi connectivity index (χ2v) is 9.08. The lowest BCUT2D eigenvalue weighted by molar-refractivity contribution is -0.339. The monoisotopic (exact) mass is 315 g/mol. The van der Waals surface area contributed by atoms with E-state index in [4.69, 9.17) is 9.47 Å². The Hall–Kier alpha value is -0.200. The van der Waals surface area contributed by atoms with Gasteiger partial charge < -0.3 is 19.7 Å². The van der Waals surface area contributed by atoms with Gasteiger partial charge in [0.2, 0.25) is 0 Å². The summed E-state index contributed by atoms with van der Waals surface area (Å²) in [5, 5.41) is 19.1. The van der Waals surface area contributed by atoms with Crippen molar-refractivity contribution in [1.29, 1.82) is 0 Å². The second kappa shape index (κ2) is 5.71. The van der Waals surface area contributed by atoms with Crippen molar-refractivity contribution in [3.8, 4) is 0 Å². The van der Waals surface area contributed by atoms with E-state index in [2.05, 4.69) is 46.4 Å². The highest BCUT2D eigenvalue weighted by Crippen LogP contribution is 2.48. The lowest BCUT2D eigenvalue weighted by atomic mass is 9.75. The molecule has 0 aromatic rings. The maximum atomic E-state index is 9.89. The van der Waals surface area contributed by atoms with Crippen LogP contribution in [0.5, 0.6) is 0 Å². The van der Waals surface area contributed by atoms with Crippen LogP contribution in [0.4, 0.5) is 0 Å². The molecule has 2 N–H and O–H groups in total. The average Bonchev–Trinajstić information content (AvgIpc) is 2.37. The quantitative estimate of drug-likeness (QED) is 0.831. The molecule has 0 radical (unpaired) electrons. The van der Waals surface area contributed by atoms with E-state index < -0.39 is 11.9 Å². The maximum absolute atomic E-state index is 9.89. The average molecular weight is 315 g/mol. The first-order valence-electron chi connectivity index (χ1n) is 8.26. The Morgan fingerprint density at radius 1 is 0.955 bits per heavy atom. The number of hydrogen-bond acceptors (Lipinski definition) is 5. The predicted molar refractivity (Wildman–Crippen MR) is 85.6 cm³/mol. The van der Waals surface area contributed by atoms with Crippen LogP contribution in [-0.2, 0) is 9.47 Å². The van der Waals surface area contributed by atoms with Crippen LogP contribution in [0.1, 0.15) is 54.4 Å². The van der Waals surface area contributed by atoms with Gasteiger partial charge in [-0.25, -0.2) is 0 Å². The Labute approximate surface area is 134 Å². The first-order valence-corrected chi connectivity index (χ1v) is 8.26. The fraction of sp³-hybridized carbons (Fsp3) is 1.00. The maximum Gasteiger partial charge on any atom is 0.171 e. The van der Waals surface area contributed by atoms with Crippen molar-refractivity contribution in [2.75, 3.05) is 26.4 Å². The molecule has 5 nitrogen and oxygen atoms in total. The van der Waals surface area contributed by atoms with Crippen LogP contribution < -0.4 is 0 Å². The second-order valence-electron chi connectivity index (χ2n) is 9.08. The Bertz CT molecular complexity index is 375. The molecule has 1 spiro atoms. The predicted octanol–water partition coefficient (Wildman–Crippen LogP) is 1.76. The van der Waals surface area contributed by atoms with Gasteiger partial charge in [0.05, 0.1) is 25.9 Å². The Kier molecular flexibility index (Phi) is 4.71. The van der Waals surface area contributed by atoms with E-state index in [0.29, 0.717) is 19.8 Å². The molecule has 0 aromatic carbocycles. The van der Waals surface area contributed by atoms with E-state index in [0.717, 1.165) is 12.8 Å². The van der Waals surface area contributed by atoms with Gasteiger partial charge in [-0.05, 0) is 27.7 Å². The van der Waals surface area contributed by atoms with Crippen molar-refractivity contribution in [3.05, 3.63) is 0 Å². The highest BCUT2D eigenvalue weighted by atomic mass is 16.7. The summed E-state index contributed by atoms with van der Waals surface area (Å²) < 4.78 is 12.4. The highest BCUT2D eigenvalue weighted by Gasteiger charge is 2.55. The normalized spacial score (nSPS) is 31.1. The molecule has 0 saturated carbocycles. The summed E-state index contributed by atoms with van der Waals surface area (Å²) in [6, 6.07) is 0. The summed E-state index contributed by atoms with van der Waals surface area (Å²) >= 11 is 0. The van der Waals surface area contributed by atoms with Gasteiger partial charge in [0.25, 0.3) is 0 Å². The molecule has 2 aliphatic rings. The van der Waals surface area contributed by atoms with Crippen molar-refractivity contribution in [1.82, 2.24) is 4.90 Å². The topological polar surface area (TPSA) is 62.2 Å². The molecule has 0 bridgehead atoms. The standard InChI is InChI=1S/C17H33NO4/c1-14(2)11-21-17(22-12-14)9-15(3,4)18(7-13(20)8-19)16(5,6)10-17/h13,19-20H,7-12H2,1-6H3. The minimum absolute atomic E-state index is 0.0593. The molecule has 2 heterocycles. The number of ether oxygens (including phenoxy) is 2. The van der Waals surface area contributed by atoms with Gasteiger partial charge in [0, 0.05) is 35.9 Å². The van der Waals surface area contributed by atoms with Crippen LogP contribution in [0.25, 0.3) is 0 Å². The molecule has 2 rings (SSSR count). The lowest BCUT2D eigenvalue weighted by Gasteiger charge is -2.60. The molecule has 2 saturated heterocycles. The molecular formula is C17H33NO4. The lowest BCUT2D eigenvalue weighted by Crippen LogP contribution is -2.69. The van der Waals surface area contributed by atoms with Gasteiger partial charge >= 0.3 is 0 Å². The van der Waals surface area contributed by atoms with E-state index >= 15 is 0 Å². The first kappa shape index (κ1) is 18.1. The smallest absolute Gasteiger partial charge is 0.171 e. The number of nitrogens with zero attached hydrogens (tertiary/aromatic N) is 1. The van der Waals surface area contributed by atoms with Crippen LogP contribution in [0, 0.1) is 5.41 Å². The molecule has 2 aliphatic heterocycles. The van der Waals surface area contributed by atoms with Gasteiger partial charge in [0.1, 0.15) is 0 Å². The molecule has 5 heteroatoms. The first-order chi connectivity index (χ1) is 9.91. The number of likely N-dealkylation sites (tertiary alicyclic amines) is 1. The molecule has 1 atom stereocenters. The fourth-order valence-corrected chi connectivity index (χ4v) is 4.09. The van der Waals surface area contributed by atoms with Gasteiger partial charge in [-0.15, -0.1) is 0 Å². The summed E-state index contributed by atoms with van der Waals surface area (Å²) in [6.07, 6.45) is 0.801. The molecule has 2 fully saturated rings. The largest absolute Gasteiger partial charge is 0.394 e. The summed E-state index contributed by atoms with van der Waals surface area (Å²) in [5.74, 6) is -0.539. The highest BCUT2D eigenvalue weighted by molar-refractivity contribution is 5.05. The van der Waals surface area contributed by atoms with E-state index in [1.165, 1.54) is 0 Å². The molecule has 0 aliphatic carbocycles. The number of hydrogen-bond donors (Lipinski definition) is 2. The molecule has 0 aromatic heterocycles. The third-order valence-corrected chi connectivity index (χ3v) is 4.92. The van der Waals surface area contributed by atoms with Crippen LogP contribution in [0.15, 0.2) is 0 Å². The Balaban J connectivity index is 2.19. The minimum atomic E-state index is -0.722. The number of piperidine rings is 1. The van der Waals surface area contributed by atoms with Crippen molar-refractivity contribution < 1.29 is 19.7 Å². The molecule has 0 amide bonds. The van der Waals surface area contributed by atoms with Gasteiger partial charge in [0.15, 0.2) is 5.79 Å². The molecule has 130 valence electrons. The number of rotatable bonds is 3. The number of aliphatic hydroxyl groups is 2. The Morgan fingerprint density at radius 3 is 1.82 bits per heavy atom. The minimum Gasteiger partial charge on any atom is -0.394 e. The summed E-state index contributed by atoms with van der Waals surface area (Å²) in [5.41, 5.74) is -0.303. The van der Waals surface area contributed by atoms with Crippen molar-refractivity contribution in [3.63, 3.8) is 0 Å². The molecule has 1 unspecified atom stereocenters. The zero-order valence-corrected chi connectivity index (χ0v) is 15.0. The fourth-order valence-electron chi connectivity index (χ4n) is 4.09. The SMILES string of the molecule is CC1(C)COC2(CC(C)(C)N(CC(O)CO)C(C)(C)C2)OC1. The van der Waals surface area contributed by atoms with Crippen LogP contribution >= 0.6 is 0 Å². The van der Waals surface area contributed by atoms with Gasteiger partial charge in [-0.1, -0.05) is 13.8 Å². The third kappa shape index (κ3) is 3.65. The zero-order chi connectivity index (χ0) is 16.8. The number of aliphatic hydroxyl groups excluding tert-OH is 2.